The number of Topliss-reactive ketones (excluding diaryl/α,β-unsaturated/α-hetero) is 1. The molecule has 104 valence electrons. The molecule has 0 N–H and O–H groups in total. The lowest BCUT2D eigenvalue weighted by Gasteiger charge is -2.01. The van der Waals surface area contributed by atoms with Gasteiger partial charge in [-0.15, -0.1) is 0 Å². The van der Waals surface area contributed by atoms with Crippen LogP contribution < -0.4 is 0 Å². The van der Waals surface area contributed by atoms with Crippen LogP contribution >= 0.6 is 11.8 Å². The van der Waals surface area contributed by atoms with Crippen LogP contribution in [0.4, 0.5) is 0 Å². The second-order valence-corrected chi connectivity index (χ2v) is 5.90. The van der Waals surface area contributed by atoms with Gasteiger partial charge in [-0.25, -0.2) is 0 Å². The number of rotatable bonds is 2. The smallest absolute Gasteiger partial charge is 0.238 e. The number of benzene rings is 1. The predicted molar refractivity (Wildman–Crippen MR) is 80.1 cm³/mol. The minimum Gasteiger partial charge on any atom is -0.338 e. The summed E-state index contributed by atoms with van der Waals surface area (Å²) in [6.45, 7) is 0. The number of hydrogen-bond acceptors (Lipinski definition) is 6. The topological polar surface area (TPSA) is 68.9 Å². The number of hydrogen-bond donors (Lipinski definition) is 0. The van der Waals surface area contributed by atoms with Gasteiger partial charge in [0.15, 0.2) is 5.78 Å². The third-order valence-corrected chi connectivity index (χ3v) is 4.60. The van der Waals surface area contributed by atoms with Crippen molar-refractivity contribution < 1.29 is 9.32 Å². The lowest BCUT2D eigenvalue weighted by atomic mass is 10.1. The Labute approximate surface area is 124 Å². The summed E-state index contributed by atoms with van der Waals surface area (Å²) >= 11 is 1.60. The summed E-state index contributed by atoms with van der Waals surface area (Å²) in [6, 6.07) is 9.85. The molecule has 3 heterocycles. The quantitative estimate of drug-likeness (QED) is 0.724. The van der Waals surface area contributed by atoms with E-state index in [1.165, 1.54) is 0 Å². The Bertz CT molecular complexity index is 825. The van der Waals surface area contributed by atoms with Gasteiger partial charge in [-0.1, -0.05) is 29.4 Å². The van der Waals surface area contributed by atoms with Crippen LogP contribution in [0.15, 0.2) is 41.1 Å². The van der Waals surface area contributed by atoms with E-state index < -0.39 is 0 Å². The van der Waals surface area contributed by atoms with E-state index in [-0.39, 0.29) is 11.7 Å². The number of fused-ring (bicyclic) bond motifs is 1. The fraction of sp³-hybridized carbons (Fsp3) is 0.200. The van der Waals surface area contributed by atoms with E-state index in [1.54, 1.807) is 18.0 Å². The molecular weight excluding hydrogens is 286 g/mol. The van der Waals surface area contributed by atoms with E-state index in [0.29, 0.717) is 28.9 Å². The number of nitrogens with zero attached hydrogens (tertiary/aromatic N) is 3. The summed E-state index contributed by atoms with van der Waals surface area (Å²) in [6.07, 6.45) is 1.73. The molecule has 2 aromatic heterocycles. The SMILES string of the molecule is O=C1CSCC1c1nc(-c2nccc3ccccc23)no1. The Morgan fingerprint density at radius 2 is 2.14 bits per heavy atom. The molecule has 0 spiro atoms. The van der Waals surface area contributed by atoms with Crippen LogP contribution in [0.3, 0.4) is 0 Å². The van der Waals surface area contributed by atoms with E-state index in [9.17, 15) is 4.79 Å². The van der Waals surface area contributed by atoms with Gasteiger partial charge in [-0.05, 0) is 11.5 Å². The predicted octanol–water partition coefficient (Wildman–Crippen LogP) is 2.68. The van der Waals surface area contributed by atoms with Crippen molar-refractivity contribution in [1.82, 2.24) is 15.1 Å². The molecule has 0 radical (unpaired) electrons. The van der Waals surface area contributed by atoms with Crippen molar-refractivity contribution in [1.29, 1.82) is 0 Å². The summed E-state index contributed by atoms with van der Waals surface area (Å²) in [5.41, 5.74) is 0.682. The Balaban J connectivity index is 1.79. The first kappa shape index (κ1) is 12.5. The Morgan fingerprint density at radius 3 is 3.00 bits per heavy atom. The van der Waals surface area contributed by atoms with Gasteiger partial charge in [0.05, 0.1) is 5.75 Å². The summed E-state index contributed by atoms with van der Waals surface area (Å²) in [5, 5.41) is 6.05. The fourth-order valence-electron chi connectivity index (χ4n) is 2.45. The maximum Gasteiger partial charge on any atom is 0.238 e. The van der Waals surface area contributed by atoms with E-state index in [0.717, 1.165) is 10.8 Å². The van der Waals surface area contributed by atoms with Crippen molar-refractivity contribution in [2.75, 3.05) is 11.5 Å². The van der Waals surface area contributed by atoms with Crippen molar-refractivity contribution >= 4 is 28.3 Å². The molecule has 1 unspecified atom stereocenters. The number of thioether (sulfide) groups is 1. The average molecular weight is 297 g/mol. The van der Waals surface area contributed by atoms with Gasteiger partial charge in [0, 0.05) is 17.3 Å². The zero-order valence-electron chi connectivity index (χ0n) is 11.0. The van der Waals surface area contributed by atoms with Gasteiger partial charge in [0.25, 0.3) is 0 Å². The Kier molecular flexibility index (Phi) is 2.96. The molecule has 4 rings (SSSR count). The normalized spacial score (nSPS) is 18.5. The Morgan fingerprint density at radius 1 is 1.24 bits per heavy atom. The molecule has 1 aromatic carbocycles. The van der Waals surface area contributed by atoms with Crippen LogP contribution in [-0.4, -0.2) is 32.4 Å². The van der Waals surface area contributed by atoms with Crippen LogP contribution in [0.2, 0.25) is 0 Å². The highest BCUT2D eigenvalue weighted by Gasteiger charge is 2.31. The highest BCUT2D eigenvalue weighted by atomic mass is 32.2. The molecule has 21 heavy (non-hydrogen) atoms. The van der Waals surface area contributed by atoms with Crippen LogP contribution in [0.5, 0.6) is 0 Å². The molecule has 3 aromatic rings. The first-order valence-corrected chi connectivity index (χ1v) is 7.76. The third-order valence-electron chi connectivity index (χ3n) is 3.54. The lowest BCUT2D eigenvalue weighted by Crippen LogP contribution is -2.09. The van der Waals surface area contributed by atoms with Crippen molar-refractivity contribution in [2.24, 2.45) is 0 Å². The monoisotopic (exact) mass is 297 g/mol. The molecule has 1 fully saturated rings. The van der Waals surface area contributed by atoms with Crippen LogP contribution in [0.25, 0.3) is 22.3 Å². The van der Waals surface area contributed by atoms with E-state index in [1.807, 2.05) is 30.3 Å². The molecule has 1 atom stereocenters. The molecule has 6 heteroatoms. The zero-order valence-corrected chi connectivity index (χ0v) is 11.8. The van der Waals surface area contributed by atoms with Crippen molar-refractivity contribution in [3.05, 3.63) is 42.4 Å². The van der Waals surface area contributed by atoms with Crippen molar-refractivity contribution in [3.63, 3.8) is 0 Å². The van der Waals surface area contributed by atoms with Gasteiger partial charge >= 0.3 is 0 Å². The number of carbonyl (C=O) groups excluding carboxylic acids is 1. The summed E-state index contributed by atoms with van der Waals surface area (Å²) < 4.78 is 5.29. The largest absolute Gasteiger partial charge is 0.338 e. The minimum absolute atomic E-state index is 0.154. The molecule has 5 nitrogen and oxygen atoms in total. The van der Waals surface area contributed by atoms with Crippen LogP contribution in [-0.2, 0) is 4.79 Å². The van der Waals surface area contributed by atoms with E-state index >= 15 is 0 Å². The van der Waals surface area contributed by atoms with Gasteiger partial charge in [0.1, 0.15) is 11.6 Å². The highest BCUT2D eigenvalue weighted by Crippen LogP contribution is 2.30. The molecule has 1 aliphatic heterocycles. The van der Waals surface area contributed by atoms with Crippen molar-refractivity contribution in [3.8, 4) is 11.5 Å². The maximum absolute atomic E-state index is 11.8. The second kappa shape index (κ2) is 4.96. The molecule has 0 saturated carbocycles. The van der Waals surface area contributed by atoms with E-state index in [2.05, 4.69) is 15.1 Å². The number of aromatic nitrogens is 3. The number of pyridine rings is 1. The second-order valence-electron chi connectivity index (χ2n) is 4.87. The number of carbonyl (C=O) groups is 1. The number of ketones is 1. The molecule has 0 aliphatic carbocycles. The molecular formula is C15H11N3O2S. The first-order valence-electron chi connectivity index (χ1n) is 6.61. The van der Waals surface area contributed by atoms with Gasteiger partial charge < -0.3 is 4.52 Å². The summed E-state index contributed by atoms with van der Waals surface area (Å²) in [5.74, 6) is 1.95. The average Bonchev–Trinajstić information content (AvgIpc) is 3.15. The zero-order chi connectivity index (χ0) is 14.2. The van der Waals surface area contributed by atoms with Gasteiger partial charge in [-0.3, -0.25) is 9.78 Å². The molecule has 1 saturated heterocycles. The standard InChI is InChI=1S/C15H11N3O2S/c19-12-8-21-7-11(12)15-17-14(18-20-15)13-10-4-2-1-3-9(10)5-6-16-13/h1-6,11H,7-8H2. The van der Waals surface area contributed by atoms with Gasteiger partial charge in [0.2, 0.25) is 11.7 Å². The minimum atomic E-state index is -0.272. The van der Waals surface area contributed by atoms with Crippen LogP contribution in [0, 0.1) is 0 Å². The maximum atomic E-state index is 11.8. The van der Waals surface area contributed by atoms with Gasteiger partial charge in [-0.2, -0.15) is 16.7 Å². The third kappa shape index (κ3) is 2.12. The lowest BCUT2D eigenvalue weighted by molar-refractivity contribution is -0.117. The molecule has 1 aliphatic rings. The summed E-state index contributed by atoms with van der Waals surface area (Å²) in [7, 11) is 0. The van der Waals surface area contributed by atoms with Crippen molar-refractivity contribution in [2.45, 2.75) is 5.92 Å². The molecule has 0 amide bonds. The Hall–Kier alpha value is -2.21. The highest BCUT2D eigenvalue weighted by molar-refractivity contribution is 8.00. The molecule has 0 bridgehead atoms. The van der Waals surface area contributed by atoms with Crippen LogP contribution in [0.1, 0.15) is 11.8 Å². The first-order chi connectivity index (χ1) is 10.3. The fourth-order valence-corrected chi connectivity index (χ4v) is 3.54. The van der Waals surface area contributed by atoms with E-state index in [4.69, 9.17) is 4.52 Å². The summed E-state index contributed by atoms with van der Waals surface area (Å²) in [4.78, 5) is 20.5.